The number of methoxy groups -OCH3 is 1. The van der Waals surface area contributed by atoms with Gasteiger partial charge in [0.2, 0.25) is 5.91 Å². The fourth-order valence-electron chi connectivity index (χ4n) is 3.21. The number of carbonyl (C=O) groups excluding carboxylic acids is 1. The summed E-state index contributed by atoms with van der Waals surface area (Å²) in [6.45, 7) is 3.01. The maximum Gasteiger partial charge on any atom is 0.298 e. The molecule has 3 rings (SSSR count). The normalized spacial score (nSPS) is 17.8. The van der Waals surface area contributed by atoms with Gasteiger partial charge in [-0.15, -0.1) is 0 Å². The zero-order valence-corrected chi connectivity index (χ0v) is 15.2. The zero-order chi connectivity index (χ0) is 17.6. The number of rotatable bonds is 7. The van der Waals surface area contributed by atoms with Crippen LogP contribution in [0.2, 0.25) is 5.02 Å². The van der Waals surface area contributed by atoms with Gasteiger partial charge in [-0.2, -0.15) is 4.98 Å². The van der Waals surface area contributed by atoms with Crippen molar-refractivity contribution in [3.05, 3.63) is 23.2 Å². The summed E-state index contributed by atoms with van der Waals surface area (Å²) < 4.78 is 10.8. The molecular formula is C18H24ClN3O3. The fraction of sp³-hybridized carbons (Fsp3) is 0.556. The third-order valence-corrected chi connectivity index (χ3v) is 4.69. The second-order valence-corrected chi connectivity index (χ2v) is 6.90. The number of benzene rings is 1. The van der Waals surface area contributed by atoms with Crippen molar-refractivity contribution in [1.82, 2.24) is 10.3 Å². The monoisotopic (exact) mass is 365 g/mol. The van der Waals surface area contributed by atoms with Crippen LogP contribution in [-0.4, -0.2) is 44.2 Å². The average molecular weight is 366 g/mol. The summed E-state index contributed by atoms with van der Waals surface area (Å²) in [5.74, 6) is 0.419. The summed E-state index contributed by atoms with van der Waals surface area (Å²) in [7, 11) is 1.67. The van der Waals surface area contributed by atoms with E-state index in [2.05, 4.69) is 15.2 Å². The second-order valence-electron chi connectivity index (χ2n) is 6.46. The number of amides is 1. The van der Waals surface area contributed by atoms with Gasteiger partial charge in [-0.05, 0) is 37.3 Å². The molecule has 1 aliphatic rings. The lowest BCUT2D eigenvalue weighted by molar-refractivity contribution is -0.122. The highest BCUT2D eigenvalue weighted by Gasteiger charge is 2.25. The third kappa shape index (κ3) is 4.86. The SMILES string of the molecule is COCCCNC(=O)CC1CCCN(c2nc3ccc(Cl)cc3o2)C1. The Bertz CT molecular complexity index is 719. The van der Waals surface area contributed by atoms with Crippen molar-refractivity contribution in [1.29, 1.82) is 0 Å². The molecule has 1 aliphatic heterocycles. The van der Waals surface area contributed by atoms with Crippen LogP contribution in [0.5, 0.6) is 0 Å². The molecule has 1 aromatic carbocycles. The zero-order valence-electron chi connectivity index (χ0n) is 14.5. The van der Waals surface area contributed by atoms with E-state index in [1.54, 1.807) is 13.2 Å². The summed E-state index contributed by atoms with van der Waals surface area (Å²) in [5.41, 5.74) is 1.50. The quantitative estimate of drug-likeness (QED) is 0.763. The van der Waals surface area contributed by atoms with Gasteiger partial charge in [-0.3, -0.25) is 4.79 Å². The van der Waals surface area contributed by atoms with Gasteiger partial charge in [-0.1, -0.05) is 11.6 Å². The van der Waals surface area contributed by atoms with Gasteiger partial charge in [0.15, 0.2) is 5.58 Å². The molecule has 1 aromatic heterocycles. The van der Waals surface area contributed by atoms with Crippen LogP contribution in [0.15, 0.2) is 22.6 Å². The number of ether oxygens (including phenoxy) is 1. The molecule has 0 spiro atoms. The molecule has 0 aliphatic carbocycles. The number of nitrogens with zero attached hydrogens (tertiary/aromatic N) is 2. The van der Waals surface area contributed by atoms with Crippen LogP contribution in [0.25, 0.3) is 11.1 Å². The topological polar surface area (TPSA) is 67.6 Å². The minimum atomic E-state index is 0.104. The fourth-order valence-corrected chi connectivity index (χ4v) is 3.37. The molecule has 1 saturated heterocycles. The summed E-state index contributed by atoms with van der Waals surface area (Å²) in [5, 5.41) is 3.59. The highest BCUT2D eigenvalue weighted by Crippen LogP contribution is 2.28. The minimum absolute atomic E-state index is 0.104. The third-order valence-electron chi connectivity index (χ3n) is 4.45. The predicted octanol–water partition coefficient (Wildman–Crippen LogP) is 3.24. The molecule has 0 radical (unpaired) electrons. The van der Waals surface area contributed by atoms with Crippen LogP contribution in [-0.2, 0) is 9.53 Å². The highest BCUT2D eigenvalue weighted by molar-refractivity contribution is 6.31. The Morgan fingerprint density at radius 2 is 2.40 bits per heavy atom. The van der Waals surface area contributed by atoms with Crippen LogP contribution in [0.3, 0.4) is 0 Å². The molecule has 136 valence electrons. The van der Waals surface area contributed by atoms with E-state index in [-0.39, 0.29) is 5.91 Å². The standard InChI is InChI=1S/C18H24ClN3O3/c1-24-9-3-7-20-17(23)10-13-4-2-8-22(12-13)18-21-15-6-5-14(19)11-16(15)25-18/h5-6,11,13H,2-4,7-10,12H2,1H3,(H,20,23). The van der Waals surface area contributed by atoms with Gasteiger partial charge in [0.25, 0.3) is 6.01 Å². The maximum atomic E-state index is 12.1. The molecule has 1 amide bonds. The number of nitrogens with one attached hydrogen (secondary N) is 1. The molecule has 1 fully saturated rings. The first-order valence-corrected chi connectivity index (χ1v) is 9.10. The minimum Gasteiger partial charge on any atom is -0.423 e. The molecule has 0 saturated carbocycles. The van der Waals surface area contributed by atoms with Crippen LogP contribution < -0.4 is 10.2 Å². The molecule has 2 heterocycles. The first-order valence-electron chi connectivity index (χ1n) is 8.72. The smallest absolute Gasteiger partial charge is 0.298 e. The van der Waals surface area contributed by atoms with E-state index >= 15 is 0 Å². The van der Waals surface area contributed by atoms with E-state index in [0.29, 0.717) is 42.1 Å². The maximum absolute atomic E-state index is 12.1. The van der Waals surface area contributed by atoms with Crippen LogP contribution in [0.1, 0.15) is 25.7 Å². The molecule has 1 N–H and O–H groups in total. The van der Waals surface area contributed by atoms with Crippen LogP contribution >= 0.6 is 11.6 Å². The Morgan fingerprint density at radius 3 is 3.24 bits per heavy atom. The number of aromatic nitrogens is 1. The lowest BCUT2D eigenvalue weighted by Gasteiger charge is -2.31. The largest absolute Gasteiger partial charge is 0.423 e. The first kappa shape index (κ1) is 18.0. The lowest BCUT2D eigenvalue weighted by Crippen LogP contribution is -2.38. The molecule has 1 unspecified atom stereocenters. The van der Waals surface area contributed by atoms with Crippen molar-refractivity contribution < 1.29 is 13.9 Å². The van der Waals surface area contributed by atoms with Crippen molar-refractivity contribution in [2.75, 3.05) is 38.3 Å². The van der Waals surface area contributed by atoms with Crippen molar-refractivity contribution in [3.8, 4) is 0 Å². The molecule has 25 heavy (non-hydrogen) atoms. The number of piperidine rings is 1. The number of fused-ring (bicyclic) bond motifs is 1. The van der Waals surface area contributed by atoms with Gasteiger partial charge >= 0.3 is 0 Å². The summed E-state index contributed by atoms with van der Waals surface area (Å²) in [6.07, 6.45) is 3.45. The van der Waals surface area contributed by atoms with E-state index in [9.17, 15) is 4.79 Å². The Morgan fingerprint density at radius 1 is 1.52 bits per heavy atom. The molecule has 2 aromatic rings. The summed E-state index contributed by atoms with van der Waals surface area (Å²) >= 11 is 6.00. The molecule has 0 bridgehead atoms. The van der Waals surface area contributed by atoms with Gasteiger partial charge in [0.1, 0.15) is 5.52 Å². The number of halogens is 1. The van der Waals surface area contributed by atoms with Crippen molar-refractivity contribution in [3.63, 3.8) is 0 Å². The Hall–Kier alpha value is -1.79. The molecular weight excluding hydrogens is 342 g/mol. The molecule has 6 nitrogen and oxygen atoms in total. The van der Waals surface area contributed by atoms with Gasteiger partial charge in [0, 0.05) is 50.9 Å². The predicted molar refractivity (Wildman–Crippen MR) is 98.1 cm³/mol. The molecule has 7 heteroatoms. The second kappa shape index (κ2) is 8.54. The van der Waals surface area contributed by atoms with E-state index in [0.717, 1.165) is 37.9 Å². The average Bonchev–Trinajstić information content (AvgIpc) is 3.02. The van der Waals surface area contributed by atoms with Crippen LogP contribution in [0.4, 0.5) is 6.01 Å². The van der Waals surface area contributed by atoms with E-state index in [1.807, 2.05) is 12.1 Å². The highest BCUT2D eigenvalue weighted by atomic mass is 35.5. The number of oxazole rings is 1. The molecule has 1 atom stereocenters. The van der Waals surface area contributed by atoms with Gasteiger partial charge < -0.3 is 19.4 Å². The lowest BCUT2D eigenvalue weighted by atomic mass is 9.94. The van der Waals surface area contributed by atoms with Gasteiger partial charge in [0.05, 0.1) is 0 Å². The van der Waals surface area contributed by atoms with Crippen molar-refractivity contribution in [2.24, 2.45) is 5.92 Å². The Labute approximate surface area is 152 Å². The number of hydrogen-bond acceptors (Lipinski definition) is 5. The first-order chi connectivity index (χ1) is 12.2. The number of hydrogen-bond donors (Lipinski definition) is 1. The van der Waals surface area contributed by atoms with E-state index < -0.39 is 0 Å². The summed E-state index contributed by atoms with van der Waals surface area (Å²) in [4.78, 5) is 18.7. The van der Waals surface area contributed by atoms with Crippen molar-refractivity contribution in [2.45, 2.75) is 25.7 Å². The Balaban J connectivity index is 1.56. The van der Waals surface area contributed by atoms with Crippen molar-refractivity contribution >= 4 is 34.6 Å². The number of anilines is 1. The Kier molecular flexibility index (Phi) is 6.15. The van der Waals surface area contributed by atoms with E-state index in [4.69, 9.17) is 20.8 Å². The summed E-state index contributed by atoms with van der Waals surface area (Å²) in [6, 6.07) is 6.06. The van der Waals surface area contributed by atoms with Crippen LogP contribution in [0, 0.1) is 5.92 Å². The van der Waals surface area contributed by atoms with Gasteiger partial charge in [-0.25, -0.2) is 0 Å². The number of carbonyl (C=O) groups is 1. The van der Waals surface area contributed by atoms with E-state index in [1.165, 1.54) is 0 Å².